The van der Waals surface area contributed by atoms with E-state index in [1.54, 1.807) is 24.5 Å². The Morgan fingerprint density at radius 3 is 2.71 bits per heavy atom. The zero-order valence-electron chi connectivity index (χ0n) is 22.7. The molecule has 3 aromatic carbocycles. The smallest absolute Gasteiger partial charge is 0.138 e. The average Bonchev–Trinajstić information content (AvgIpc) is 3.46. The molecule has 0 fully saturated rings. The van der Waals surface area contributed by atoms with E-state index < -0.39 is 10.8 Å². The van der Waals surface area contributed by atoms with Gasteiger partial charge >= 0.3 is 0 Å². The second-order valence-electron chi connectivity index (χ2n) is 9.60. The highest BCUT2D eigenvalue weighted by molar-refractivity contribution is 7.84. The highest BCUT2D eigenvalue weighted by atomic mass is 35.5. The number of furan rings is 1. The lowest BCUT2D eigenvalue weighted by Crippen LogP contribution is -2.17. The number of nitrogens with zero attached hydrogens (tertiary/aromatic N) is 2. The van der Waals surface area contributed by atoms with Gasteiger partial charge < -0.3 is 19.8 Å². The second kappa shape index (κ2) is 13.2. The van der Waals surface area contributed by atoms with E-state index in [9.17, 15) is 8.60 Å². The van der Waals surface area contributed by atoms with Gasteiger partial charge in [-0.1, -0.05) is 29.8 Å². The lowest BCUT2D eigenvalue weighted by atomic mass is 10.1. The number of hydrogen-bond acceptors (Lipinski definition) is 7. The van der Waals surface area contributed by atoms with Gasteiger partial charge in [0.15, 0.2) is 0 Å². The van der Waals surface area contributed by atoms with Crippen molar-refractivity contribution < 1.29 is 17.8 Å². The van der Waals surface area contributed by atoms with E-state index >= 15 is 0 Å². The zero-order chi connectivity index (χ0) is 28.8. The van der Waals surface area contributed by atoms with Crippen molar-refractivity contribution in [1.29, 1.82) is 0 Å². The number of benzene rings is 3. The van der Waals surface area contributed by atoms with Crippen molar-refractivity contribution in [3.63, 3.8) is 0 Å². The molecule has 5 rings (SSSR count). The standard InChI is InChI=1S/C31H30ClFN4O3S/c1-34-27(12-13-41(2)38)30-11-10-28(40-30)22-7-8-26-24(16-22)31(37-19-36-26)35-17-20-6-9-29(25(32)15-20)39-18-21-4-3-5-23(33)14-21/h3-11,14-16,19,27,34H,12-13,17-18H2,1-2H3,(H,35,36,37). The number of rotatable bonds is 12. The summed E-state index contributed by atoms with van der Waals surface area (Å²) < 4.78 is 37.0. The molecule has 0 amide bonds. The van der Waals surface area contributed by atoms with E-state index in [0.29, 0.717) is 28.9 Å². The monoisotopic (exact) mass is 592 g/mol. The van der Waals surface area contributed by atoms with Crippen LogP contribution < -0.4 is 15.4 Å². The predicted molar refractivity (Wildman–Crippen MR) is 162 cm³/mol. The van der Waals surface area contributed by atoms with E-state index in [1.807, 2.05) is 49.5 Å². The number of anilines is 1. The molecule has 5 aromatic rings. The Bertz CT molecular complexity index is 1680. The first-order valence-corrected chi connectivity index (χ1v) is 15.2. The maximum Gasteiger partial charge on any atom is 0.138 e. The fraction of sp³-hybridized carbons (Fsp3) is 0.226. The minimum atomic E-state index is -0.864. The summed E-state index contributed by atoms with van der Waals surface area (Å²) in [6, 6.07) is 21.6. The Kier molecular flexibility index (Phi) is 9.28. The van der Waals surface area contributed by atoms with Crippen LogP contribution in [0.25, 0.3) is 22.2 Å². The van der Waals surface area contributed by atoms with Crippen molar-refractivity contribution in [3.8, 4) is 17.1 Å². The predicted octanol–water partition coefficient (Wildman–Crippen LogP) is 6.90. The van der Waals surface area contributed by atoms with Crippen molar-refractivity contribution in [3.05, 3.63) is 107 Å². The molecule has 7 nitrogen and oxygen atoms in total. The Labute approximate surface area is 245 Å². The van der Waals surface area contributed by atoms with Gasteiger partial charge in [0, 0.05) is 40.3 Å². The van der Waals surface area contributed by atoms with Crippen molar-refractivity contribution in [2.24, 2.45) is 0 Å². The van der Waals surface area contributed by atoms with Crippen molar-refractivity contribution in [1.82, 2.24) is 15.3 Å². The Morgan fingerprint density at radius 2 is 1.93 bits per heavy atom. The van der Waals surface area contributed by atoms with Gasteiger partial charge in [-0.15, -0.1) is 0 Å². The molecule has 0 aliphatic heterocycles. The molecule has 2 atom stereocenters. The van der Waals surface area contributed by atoms with Gasteiger partial charge in [-0.05, 0) is 79.2 Å². The molecular weight excluding hydrogens is 563 g/mol. The van der Waals surface area contributed by atoms with E-state index in [0.717, 1.165) is 45.5 Å². The van der Waals surface area contributed by atoms with Gasteiger partial charge in [-0.25, -0.2) is 14.4 Å². The summed E-state index contributed by atoms with van der Waals surface area (Å²) in [5.74, 6) is 3.04. The van der Waals surface area contributed by atoms with Crippen LogP contribution in [0.4, 0.5) is 10.2 Å². The van der Waals surface area contributed by atoms with Crippen molar-refractivity contribution in [2.75, 3.05) is 24.4 Å². The molecule has 2 aromatic heterocycles. The SMILES string of the molecule is CNC(CCS(C)=O)c1ccc(-c2ccc3ncnc(NCc4ccc(OCc5cccc(F)c5)c(Cl)c4)c3c2)o1. The highest BCUT2D eigenvalue weighted by Crippen LogP contribution is 2.31. The molecule has 0 radical (unpaired) electrons. The van der Waals surface area contributed by atoms with Crippen LogP contribution in [0.2, 0.25) is 5.02 Å². The summed E-state index contributed by atoms with van der Waals surface area (Å²) in [7, 11) is 1.01. The number of aromatic nitrogens is 2. The van der Waals surface area contributed by atoms with Crippen LogP contribution in [-0.2, 0) is 24.0 Å². The molecule has 0 aliphatic carbocycles. The van der Waals surface area contributed by atoms with Crippen LogP contribution in [0.15, 0.2) is 83.5 Å². The van der Waals surface area contributed by atoms with Crippen LogP contribution in [0, 0.1) is 5.82 Å². The molecular formula is C31H30ClFN4O3S. The van der Waals surface area contributed by atoms with Crippen LogP contribution in [0.3, 0.4) is 0 Å². The molecule has 10 heteroatoms. The first-order chi connectivity index (χ1) is 19.9. The summed E-state index contributed by atoms with van der Waals surface area (Å²) in [6.07, 6.45) is 3.95. The molecule has 0 aliphatic rings. The van der Waals surface area contributed by atoms with Gasteiger partial charge in [0.1, 0.15) is 41.8 Å². The summed E-state index contributed by atoms with van der Waals surface area (Å²) in [4.78, 5) is 8.89. The van der Waals surface area contributed by atoms with E-state index in [1.165, 1.54) is 18.5 Å². The van der Waals surface area contributed by atoms with E-state index in [2.05, 4.69) is 20.6 Å². The van der Waals surface area contributed by atoms with Crippen LogP contribution in [-0.4, -0.2) is 33.2 Å². The Hall–Kier alpha value is -3.79. The fourth-order valence-electron chi connectivity index (χ4n) is 4.50. The normalized spacial score (nSPS) is 12.8. The lowest BCUT2D eigenvalue weighted by Gasteiger charge is -2.13. The van der Waals surface area contributed by atoms with E-state index in [-0.39, 0.29) is 18.5 Å². The maximum atomic E-state index is 13.4. The maximum absolute atomic E-state index is 13.4. The fourth-order valence-corrected chi connectivity index (χ4v) is 5.33. The third-order valence-electron chi connectivity index (χ3n) is 6.67. The van der Waals surface area contributed by atoms with Gasteiger partial charge in [0.25, 0.3) is 0 Å². The Morgan fingerprint density at radius 1 is 1.05 bits per heavy atom. The summed E-state index contributed by atoms with van der Waals surface area (Å²) in [5, 5.41) is 7.96. The van der Waals surface area contributed by atoms with Crippen molar-refractivity contribution >= 4 is 39.1 Å². The molecule has 0 bridgehead atoms. The lowest BCUT2D eigenvalue weighted by molar-refractivity contribution is 0.305. The molecule has 0 spiro atoms. The molecule has 212 valence electrons. The molecule has 41 heavy (non-hydrogen) atoms. The summed E-state index contributed by atoms with van der Waals surface area (Å²) >= 11 is 6.48. The number of nitrogens with one attached hydrogen (secondary N) is 2. The topological polar surface area (TPSA) is 89.3 Å². The number of fused-ring (bicyclic) bond motifs is 1. The third kappa shape index (κ3) is 7.30. The molecule has 2 heterocycles. The molecule has 0 saturated heterocycles. The average molecular weight is 593 g/mol. The first-order valence-electron chi connectivity index (χ1n) is 13.1. The largest absolute Gasteiger partial charge is 0.487 e. The quantitative estimate of drug-likeness (QED) is 0.163. The molecule has 0 saturated carbocycles. The summed E-state index contributed by atoms with van der Waals surface area (Å²) in [6.45, 7) is 0.699. The van der Waals surface area contributed by atoms with Gasteiger partial charge in [0.05, 0.1) is 16.6 Å². The van der Waals surface area contributed by atoms with Crippen molar-refractivity contribution in [2.45, 2.75) is 25.6 Å². The zero-order valence-corrected chi connectivity index (χ0v) is 24.3. The minimum Gasteiger partial charge on any atom is -0.487 e. The third-order valence-corrected chi connectivity index (χ3v) is 7.78. The van der Waals surface area contributed by atoms with E-state index in [4.69, 9.17) is 20.8 Å². The molecule has 2 unspecified atom stereocenters. The highest BCUT2D eigenvalue weighted by Gasteiger charge is 2.16. The van der Waals surface area contributed by atoms with Crippen LogP contribution in [0.1, 0.15) is 29.3 Å². The van der Waals surface area contributed by atoms with Gasteiger partial charge in [-0.2, -0.15) is 0 Å². The minimum absolute atomic E-state index is 0.0152. The van der Waals surface area contributed by atoms with Gasteiger partial charge in [0.2, 0.25) is 0 Å². The molecule has 2 N–H and O–H groups in total. The summed E-state index contributed by atoms with van der Waals surface area (Å²) in [5.41, 5.74) is 3.37. The Balaban J connectivity index is 1.29. The van der Waals surface area contributed by atoms with Crippen LogP contribution in [0.5, 0.6) is 5.75 Å². The van der Waals surface area contributed by atoms with Gasteiger partial charge in [-0.3, -0.25) is 4.21 Å². The number of hydrogen-bond donors (Lipinski definition) is 2. The number of ether oxygens (including phenoxy) is 1. The van der Waals surface area contributed by atoms with Crippen LogP contribution >= 0.6 is 11.6 Å². The number of halogens is 2. The first kappa shape index (κ1) is 28.7. The second-order valence-corrected chi connectivity index (χ2v) is 11.6.